The molecule has 2 aromatic heterocycles. The zero-order valence-corrected chi connectivity index (χ0v) is 16.1. The molecular formula is C19H22N6OS. The molecule has 0 spiro atoms. The number of hydrogen-bond donors (Lipinski definition) is 3. The lowest BCUT2D eigenvalue weighted by Crippen LogP contribution is -2.28. The van der Waals surface area contributed by atoms with Gasteiger partial charge in [-0.15, -0.1) is 11.3 Å². The average Bonchev–Trinajstić information content (AvgIpc) is 3.37. The molecule has 3 aromatic rings. The maximum atomic E-state index is 12.8. The van der Waals surface area contributed by atoms with Crippen LogP contribution < -0.4 is 16.0 Å². The number of hydrogen-bond acceptors (Lipinski definition) is 6. The molecule has 0 radical (unpaired) electrons. The van der Waals surface area contributed by atoms with Gasteiger partial charge in [0.1, 0.15) is 0 Å². The summed E-state index contributed by atoms with van der Waals surface area (Å²) >= 11 is 1.57. The highest BCUT2D eigenvalue weighted by atomic mass is 32.1. The monoisotopic (exact) mass is 382 g/mol. The molecule has 1 fully saturated rings. The van der Waals surface area contributed by atoms with Crippen molar-refractivity contribution in [1.82, 2.24) is 20.1 Å². The van der Waals surface area contributed by atoms with E-state index in [1.807, 2.05) is 56.0 Å². The predicted molar refractivity (Wildman–Crippen MR) is 108 cm³/mol. The number of aromatic nitrogens is 3. The number of benzene rings is 1. The van der Waals surface area contributed by atoms with Crippen molar-refractivity contribution in [3.63, 3.8) is 0 Å². The van der Waals surface area contributed by atoms with Crippen LogP contribution in [0.3, 0.4) is 0 Å². The summed E-state index contributed by atoms with van der Waals surface area (Å²) in [5.74, 6) is 0.0724. The SMILES string of the molecule is Cc1csc(Nc2ccc(NC(=O)[C@H]3CNC[C@@H]3c3cnn(C)c3)cc2)n1. The van der Waals surface area contributed by atoms with Crippen LogP contribution in [-0.4, -0.2) is 33.8 Å². The molecule has 1 amide bonds. The van der Waals surface area contributed by atoms with Gasteiger partial charge >= 0.3 is 0 Å². The molecule has 7 nitrogen and oxygen atoms in total. The van der Waals surface area contributed by atoms with E-state index in [0.29, 0.717) is 6.54 Å². The quantitative estimate of drug-likeness (QED) is 0.632. The lowest BCUT2D eigenvalue weighted by atomic mass is 9.90. The summed E-state index contributed by atoms with van der Waals surface area (Å²) in [6.07, 6.45) is 3.83. The minimum absolute atomic E-state index is 0.0325. The first-order valence-corrected chi connectivity index (χ1v) is 9.76. The second kappa shape index (κ2) is 7.50. The average molecular weight is 382 g/mol. The zero-order valence-electron chi connectivity index (χ0n) is 15.3. The summed E-state index contributed by atoms with van der Waals surface area (Å²) in [6.45, 7) is 3.44. The highest BCUT2D eigenvalue weighted by Crippen LogP contribution is 2.29. The van der Waals surface area contributed by atoms with E-state index in [1.54, 1.807) is 16.0 Å². The molecule has 0 aliphatic carbocycles. The van der Waals surface area contributed by atoms with Crippen molar-refractivity contribution in [3.8, 4) is 0 Å². The first kappa shape index (κ1) is 17.7. The highest BCUT2D eigenvalue weighted by molar-refractivity contribution is 7.13. The third kappa shape index (κ3) is 4.01. The number of anilines is 3. The smallest absolute Gasteiger partial charge is 0.229 e. The molecule has 2 atom stereocenters. The van der Waals surface area contributed by atoms with Crippen molar-refractivity contribution < 1.29 is 4.79 Å². The van der Waals surface area contributed by atoms with Crippen molar-refractivity contribution in [2.24, 2.45) is 13.0 Å². The van der Waals surface area contributed by atoms with Gasteiger partial charge in [-0.1, -0.05) is 0 Å². The molecule has 1 aliphatic rings. The van der Waals surface area contributed by atoms with E-state index in [-0.39, 0.29) is 17.7 Å². The summed E-state index contributed by atoms with van der Waals surface area (Å²) in [6, 6.07) is 7.69. The Bertz CT molecular complexity index is 932. The third-order valence-electron chi connectivity index (χ3n) is 4.73. The molecule has 27 heavy (non-hydrogen) atoms. The fourth-order valence-corrected chi connectivity index (χ4v) is 4.05. The molecule has 4 rings (SSSR count). The lowest BCUT2D eigenvalue weighted by Gasteiger charge is -2.17. The van der Waals surface area contributed by atoms with Gasteiger partial charge in [-0.2, -0.15) is 5.10 Å². The van der Waals surface area contributed by atoms with Gasteiger partial charge < -0.3 is 16.0 Å². The van der Waals surface area contributed by atoms with Gasteiger partial charge in [0.25, 0.3) is 0 Å². The van der Waals surface area contributed by atoms with Crippen LogP contribution in [0.25, 0.3) is 0 Å². The van der Waals surface area contributed by atoms with Crippen molar-refractivity contribution in [2.75, 3.05) is 23.7 Å². The number of carbonyl (C=O) groups is 1. The molecule has 0 unspecified atom stereocenters. The minimum Gasteiger partial charge on any atom is -0.332 e. The van der Waals surface area contributed by atoms with Gasteiger partial charge in [-0.3, -0.25) is 9.48 Å². The number of nitrogens with one attached hydrogen (secondary N) is 3. The number of nitrogens with zero attached hydrogens (tertiary/aromatic N) is 3. The number of amides is 1. The van der Waals surface area contributed by atoms with Gasteiger partial charge in [0.05, 0.1) is 17.8 Å². The largest absolute Gasteiger partial charge is 0.332 e. The summed E-state index contributed by atoms with van der Waals surface area (Å²) in [5, 5.41) is 16.7. The molecule has 1 aromatic carbocycles. The van der Waals surface area contributed by atoms with Gasteiger partial charge in [0.15, 0.2) is 5.13 Å². The summed E-state index contributed by atoms with van der Waals surface area (Å²) in [7, 11) is 1.89. The van der Waals surface area contributed by atoms with Crippen LogP contribution in [0.2, 0.25) is 0 Å². The van der Waals surface area contributed by atoms with Gasteiger partial charge in [0, 0.05) is 49.0 Å². The first-order valence-electron chi connectivity index (χ1n) is 8.88. The van der Waals surface area contributed by atoms with Crippen LogP contribution in [0.15, 0.2) is 42.0 Å². The fraction of sp³-hybridized carbons (Fsp3) is 0.316. The maximum absolute atomic E-state index is 12.8. The lowest BCUT2D eigenvalue weighted by molar-refractivity contribution is -0.119. The van der Waals surface area contributed by atoms with Crippen LogP contribution in [-0.2, 0) is 11.8 Å². The fourth-order valence-electron chi connectivity index (χ4n) is 3.34. The van der Waals surface area contributed by atoms with Crippen molar-refractivity contribution in [2.45, 2.75) is 12.8 Å². The molecule has 1 aliphatic heterocycles. The first-order chi connectivity index (χ1) is 13.1. The molecule has 0 bridgehead atoms. The van der Waals surface area contributed by atoms with Gasteiger partial charge in [-0.05, 0) is 36.8 Å². The topological polar surface area (TPSA) is 83.9 Å². The maximum Gasteiger partial charge on any atom is 0.229 e. The van der Waals surface area contributed by atoms with Gasteiger partial charge in [0.2, 0.25) is 5.91 Å². The predicted octanol–water partition coefficient (Wildman–Crippen LogP) is 2.87. The Morgan fingerprint density at radius 1 is 1.26 bits per heavy atom. The van der Waals surface area contributed by atoms with E-state index in [9.17, 15) is 4.79 Å². The van der Waals surface area contributed by atoms with Crippen LogP contribution in [0.4, 0.5) is 16.5 Å². The second-order valence-corrected chi connectivity index (χ2v) is 7.66. The number of thiazole rings is 1. The Morgan fingerprint density at radius 3 is 2.70 bits per heavy atom. The Kier molecular flexibility index (Phi) is 4.91. The number of rotatable bonds is 5. The second-order valence-electron chi connectivity index (χ2n) is 6.80. The Hall–Kier alpha value is -2.71. The van der Waals surface area contributed by atoms with Crippen LogP contribution in [0.5, 0.6) is 0 Å². The Labute approximate surface area is 161 Å². The highest BCUT2D eigenvalue weighted by Gasteiger charge is 2.34. The molecule has 140 valence electrons. The number of carbonyl (C=O) groups excluding carboxylic acids is 1. The van der Waals surface area contributed by atoms with Crippen molar-refractivity contribution >= 4 is 33.8 Å². The van der Waals surface area contributed by atoms with E-state index in [1.165, 1.54) is 0 Å². The zero-order chi connectivity index (χ0) is 18.8. The minimum atomic E-state index is -0.106. The normalized spacial score (nSPS) is 19.2. The molecule has 1 saturated heterocycles. The molecule has 8 heteroatoms. The summed E-state index contributed by atoms with van der Waals surface area (Å²) < 4.78 is 1.78. The molecule has 0 saturated carbocycles. The van der Waals surface area contributed by atoms with Crippen LogP contribution >= 0.6 is 11.3 Å². The van der Waals surface area contributed by atoms with E-state index in [4.69, 9.17) is 0 Å². The number of aryl methyl sites for hydroxylation is 2. The van der Waals surface area contributed by atoms with Crippen molar-refractivity contribution in [1.29, 1.82) is 0 Å². The Balaban J connectivity index is 1.40. The summed E-state index contributed by atoms with van der Waals surface area (Å²) in [5.41, 5.74) is 3.83. The van der Waals surface area contributed by atoms with E-state index in [2.05, 4.69) is 26.0 Å². The van der Waals surface area contributed by atoms with E-state index >= 15 is 0 Å². The standard InChI is InChI=1S/C19H22N6OS/c1-12-11-27-19(22-12)24-15-5-3-14(4-6-15)23-18(26)17-9-20-8-16(17)13-7-21-25(2)10-13/h3-7,10-11,16-17,20H,8-9H2,1-2H3,(H,22,24)(H,23,26)/t16-,17+/m1/s1. The van der Waals surface area contributed by atoms with Crippen LogP contribution in [0, 0.1) is 12.8 Å². The van der Waals surface area contributed by atoms with Gasteiger partial charge in [-0.25, -0.2) is 4.98 Å². The molecular weight excluding hydrogens is 360 g/mol. The molecule has 3 heterocycles. The summed E-state index contributed by atoms with van der Waals surface area (Å²) in [4.78, 5) is 17.2. The van der Waals surface area contributed by atoms with Crippen molar-refractivity contribution in [3.05, 3.63) is 53.3 Å². The van der Waals surface area contributed by atoms with E-state index < -0.39 is 0 Å². The third-order valence-corrected chi connectivity index (χ3v) is 5.60. The van der Waals surface area contributed by atoms with E-state index in [0.717, 1.165) is 34.3 Å². The Morgan fingerprint density at radius 2 is 2.04 bits per heavy atom. The molecule has 3 N–H and O–H groups in total. The van der Waals surface area contributed by atoms with Crippen LogP contribution in [0.1, 0.15) is 17.2 Å².